The molecule has 3 rings (SSSR count). The minimum Gasteiger partial charge on any atom is -0.361 e. The maximum absolute atomic E-state index is 13.5. The molecule has 0 amide bonds. The highest BCUT2D eigenvalue weighted by Crippen LogP contribution is 2.20. The number of rotatable bonds is 3. The molecule has 3 N–H and O–H groups in total. The smallest absolute Gasteiger partial charge is 0.240 e. The first-order valence-electron chi connectivity index (χ1n) is 6.30. The van der Waals surface area contributed by atoms with Crippen molar-refractivity contribution >= 4 is 26.7 Å². The number of halogens is 1. The predicted molar refractivity (Wildman–Crippen MR) is 79.5 cm³/mol. The molecule has 0 saturated carbocycles. The number of carbonyl (C=O) groups is 1. The molecule has 0 aliphatic rings. The molecule has 1 heterocycles. The van der Waals surface area contributed by atoms with Crippen LogP contribution in [0.15, 0.2) is 53.6 Å². The first-order valence-corrected chi connectivity index (χ1v) is 7.85. The van der Waals surface area contributed by atoms with Crippen molar-refractivity contribution in [2.75, 3.05) is 0 Å². The van der Waals surface area contributed by atoms with E-state index in [1.807, 2.05) is 6.07 Å². The molecular formula is C15H11FN2O3S. The van der Waals surface area contributed by atoms with E-state index in [1.54, 1.807) is 24.4 Å². The van der Waals surface area contributed by atoms with Crippen molar-refractivity contribution in [2.24, 2.45) is 5.14 Å². The number of nitrogens with one attached hydrogen (secondary N) is 1. The zero-order chi connectivity index (χ0) is 15.9. The SMILES string of the molecule is NS(=O)(=O)c1cc(C(=O)c2ccc3cc[nH]c3c2)ccc1F. The number of aromatic nitrogens is 1. The second-order valence-corrected chi connectivity index (χ2v) is 6.33. The number of hydrogen-bond donors (Lipinski definition) is 2. The van der Waals surface area contributed by atoms with Gasteiger partial charge in [-0.25, -0.2) is 17.9 Å². The van der Waals surface area contributed by atoms with Gasteiger partial charge in [-0.15, -0.1) is 0 Å². The van der Waals surface area contributed by atoms with Crippen molar-refractivity contribution in [2.45, 2.75) is 4.90 Å². The minimum atomic E-state index is -4.23. The first kappa shape index (κ1) is 14.4. The summed E-state index contributed by atoms with van der Waals surface area (Å²) in [5.41, 5.74) is 1.19. The van der Waals surface area contributed by atoms with Gasteiger partial charge in [0.2, 0.25) is 10.0 Å². The van der Waals surface area contributed by atoms with Crippen molar-refractivity contribution in [3.63, 3.8) is 0 Å². The van der Waals surface area contributed by atoms with Crippen LogP contribution in [-0.4, -0.2) is 19.2 Å². The number of fused-ring (bicyclic) bond motifs is 1. The highest BCUT2D eigenvalue weighted by Gasteiger charge is 2.18. The van der Waals surface area contributed by atoms with Crippen LogP contribution in [0.2, 0.25) is 0 Å². The molecule has 0 bridgehead atoms. The molecule has 1 aromatic heterocycles. The van der Waals surface area contributed by atoms with Gasteiger partial charge in [-0.05, 0) is 35.7 Å². The van der Waals surface area contributed by atoms with E-state index < -0.39 is 26.5 Å². The van der Waals surface area contributed by atoms with Crippen LogP contribution in [0.3, 0.4) is 0 Å². The third kappa shape index (κ3) is 2.51. The van der Waals surface area contributed by atoms with Crippen molar-refractivity contribution < 1.29 is 17.6 Å². The van der Waals surface area contributed by atoms with E-state index in [2.05, 4.69) is 4.98 Å². The fourth-order valence-electron chi connectivity index (χ4n) is 2.22. The van der Waals surface area contributed by atoms with Crippen molar-refractivity contribution in [3.8, 4) is 0 Å². The van der Waals surface area contributed by atoms with Crippen LogP contribution < -0.4 is 5.14 Å². The zero-order valence-corrected chi connectivity index (χ0v) is 12.0. The van der Waals surface area contributed by atoms with Crippen LogP contribution in [-0.2, 0) is 10.0 Å². The molecule has 112 valence electrons. The number of benzene rings is 2. The molecule has 3 aromatic rings. The van der Waals surface area contributed by atoms with Gasteiger partial charge in [0.05, 0.1) is 0 Å². The predicted octanol–water partition coefficient (Wildman–Crippen LogP) is 2.19. The van der Waals surface area contributed by atoms with Gasteiger partial charge in [-0.3, -0.25) is 4.79 Å². The Morgan fingerprint density at radius 1 is 1.05 bits per heavy atom. The summed E-state index contributed by atoms with van der Waals surface area (Å²) in [4.78, 5) is 14.7. The number of nitrogens with two attached hydrogens (primary N) is 1. The fraction of sp³-hybridized carbons (Fsp3) is 0. The maximum atomic E-state index is 13.5. The lowest BCUT2D eigenvalue weighted by molar-refractivity contribution is 0.103. The van der Waals surface area contributed by atoms with Gasteiger partial charge < -0.3 is 4.98 Å². The molecule has 0 atom stereocenters. The monoisotopic (exact) mass is 318 g/mol. The van der Waals surface area contributed by atoms with Gasteiger partial charge in [0.1, 0.15) is 10.7 Å². The highest BCUT2D eigenvalue weighted by atomic mass is 32.2. The fourth-order valence-corrected chi connectivity index (χ4v) is 2.85. The molecule has 2 aromatic carbocycles. The van der Waals surface area contributed by atoms with E-state index in [-0.39, 0.29) is 5.56 Å². The number of ketones is 1. The van der Waals surface area contributed by atoms with Crippen LogP contribution in [0.4, 0.5) is 4.39 Å². The molecule has 5 nitrogen and oxygen atoms in total. The zero-order valence-electron chi connectivity index (χ0n) is 11.2. The van der Waals surface area contributed by atoms with E-state index in [0.717, 1.165) is 23.0 Å². The van der Waals surface area contributed by atoms with Gasteiger partial charge in [0.15, 0.2) is 5.78 Å². The lowest BCUT2D eigenvalue weighted by Crippen LogP contribution is -2.15. The van der Waals surface area contributed by atoms with Crippen LogP contribution in [0, 0.1) is 5.82 Å². The van der Waals surface area contributed by atoms with E-state index in [0.29, 0.717) is 5.56 Å². The molecule has 7 heteroatoms. The van der Waals surface area contributed by atoms with Crippen molar-refractivity contribution in [1.29, 1.82) is 0 Å². The lowest BCUT2D eigenvalue weighted by atomic mass is 10.0. The molecule has 0 spiro atoms. The summed E-state index contributed by atoms with van der Waals surface area (Å²) in [6.45, 7) is 0. The van der Waals surface area contributed by atoms with Gasteiger partial charge in [0, 0.05) is 22.8 Å². The number of primary sulfonamides is 1. The Bertz CT molecular complexity index is 993. The van der Waals surface area contributed by atoms with Crippen molar-refractivity contribution in [1.82, 2.24) is 4.98 Å². The Balaban J connectivity index is 2.08. The quantitative estimate of drug-likeness (QED) is 0.725. The second-order valence-electron chi connectivity index (χ2n) is 4.80. The Kier molecular flexibility index (Phi) is 3.31. The molecule has 0 aliphatic heterocycles. The Labute approximate surface area is 125 Å². The number of H-pyrrole nitrogens is 1. The molecule has 0 fully saturated rings. The number of hydrogen-bond acceptors (Lipinski definition) is 3. The highest BCUT2D eigenvalue weighted by molar-refractivity contribution is 7.89. The topological polar surface area (TPSA) is 93.0 Å². The summed E-state index contributed by atoms with van der Waals surface area (Å²) in [6.07, 6.45) is 1.75. The summed E-state index contributed by atoms with van der Waals surface area (Å²) in [6, 6.07) is 10.00. The summed E-state index contributed by atoms with van der Waals surface area (Å²) in [5, 5.41) is 5.89. The van der Waals surface area contributed by atoms with E-state index in [9.17, 15) is 17.6 Å². The standard InChI is InChI=1S/C15H11FN2O3S/c16-12-4-3-11(8-14(12)22(17,20)21)15(19)10-2-1-9-5-6-18-13(9)7-10/h1-8,18H,(H2,17,20,21). The Morgan fingerprint density at radius 3 is 2.45 bits per heavy atom. The third-order valence-electron chi connectivity index (χ3n) is 3.32. The number of sulfonamides is 1. The van der Waals surface area contributed by atoms with Crippen LogP contribution in [0.25, 0.3) is 10.9 Å². The lowest BCUT2D eigenvalue weighted by Gasteiger charge is -2.05. The molecule has 0 saturated heterocycles. The average molecular weight is 318 g/mol. The molecule has 0 radical (unpaired) electrons. The second kappa shape index (κ2) is 5.04. The van der Waals surface area contributed by atoms with Gasteiger partial charge in [-0.1, -0.05) is 12.1 Å². The van der Waals surface area contributed by atoms with E-state index in [1.165, 1.54) is 6.07 Å². The third-order valence-corrected chi connectivity index (χ3v) is 4.24. The summed E-state index contributed by atoms with van der Waals surface area (Å²) < 4.78 is 36.2. The van der Waals surface area contributed by atoms with Crippen LogP contribution in [0.5, 0.6) is 0 Å². The largest absolute Gasteiger partial charge is 0.361 e. The molecule has 0 aliphatic carbocycles. The Morgan fingerprint density at radius 2 is 1.73 bits per heavy atom. The van der Waals surface area contributed by atoms with Gasteiger partial charge in [-0.2, -0.15) is 0 Å². The molecule has 22 heavy (non-hydrogen) atoms. The minimum absolute atomic E-state index is 0.0522. The number of carbonyl (C=O) groups excluding carboxylic acids is 1. The van der Waals surface area contributed by atoms with Crippen molar-refractivity contribution in [3.05, 3.63) is 65.6 Å². The Hall–Kier alpha value is -2.51. The van der Waals surface area contributed by atoms with Crippen LogP contribution in [0.1, 0.15) is 15.9 Å². The average Bonchev–Trinajstić information content (AvgIpc) is 2.93. The van der Waals surface area contributed by atoms with Gasteiger partial charge >= 0.3 is 0 Å². The number of aromatic amines is 1. The maximum Gasteiger partial charge on any atom is 0.240 e. The van der Waals surface area contributed by atoms with Gasteiger partial charge in [0.25, 0.3) is 0 Å². The normalized spacial score (nSPS) is 11.7. The van der Waals surface area contributed by atoms with E-state index >= 15 is 0 Å². The molecule has 0 unspecified atom stereocenters. The first-order chi connectivity index (χ1) is 10.4. The van der Waals surface area contributed by atoms with E-state index in [4.69, 9.17) is 5.14 Å². The van der Waals surface area contributed by atoms with Crippen LogP contribution >= 0.6 is 0 Å². The molecular weight excluding hydrogens is 307 g/mol. The summed E-state index contributed by atoms with van der Waals surface area (Å²) in [7, 11) is -4.23. The summed E-state index contributed by atoms with van der Waals surface area (Å²) >= 11 is 0. The summed E-state index contributed by atoms with van der Waals surface area (Å²) in [5.74, 6) is -1.40.